The third-order valence-corrected chi connectivity index (χ3v) is 5.51. The first-order valence-electron chi connectivity index (χ1n) is 9.17. The number of carbonyl (C=O) groups is 1. The fraction of sp³-hybridized carbons (Fsp3) is 0.300. The third kappa shape index (κ3) is 4.58. The number of carbonyl (C=O) groups excluding carboxylic acids is 1. The highest BCUT2D eigenvalue weighted by molar-refractivity contribution is 7.13. The van der Waals surface area contributed by atoms with Crippen LogP contribution in [-0.4, -0.2) is 45.4 Å². The molecule has 0 atom stereocenters. The molecule has 0 radical (unpaired) electrons. The normalized spacial score (nSPS) is 15.5. The van der Waals surface area contributed by atoms with Gasteiger partial charge in [-0.3, -0.25) is 14.7 Å². The van der Waals surface area contributed by atoms with E-state index in [2.05, 4.69) is 20.2 Å². The summed E-state index contributed by atoms with van der Waals surface area (Å²) in [6.07, 6.45) is 6.94. The molecule has 0 bridgehead atoms. The summed E-state index contributed by atoms with van der Waals surface area (Å²) in [5, 5.41) is 5.28. The van der Waals surface area contributed by atoms with E-state index in [4.69, 9.17) is 4.98 Å². The molecule has 144 valence electrons. The van der Waals surface area contributed by atoms with Gasteiger partial charge in [-0.15, -0.1) is 11.3 Å². The lowest BCUT2D eigenvalue weighted by Crippen LogP contribution is -2.38. The summed E-state index contributed by atoms with van der Waals surface area (Å²) in [4.78, 5) is 27.3. The van der Waals surface area contributed by atoms with Gasteiger partial charge in [0.1, 0.15) is 5.82 Å². The van der Waals surface area contributed by atoms with E-state index in [0.717, 1.165) is 37.2 Å². The lowest BCUT2D eigenvalue weighted by atomic mass is 9.93. The Morgan fingerprint density at radius 1 is 1.29 bits per heavy atom. The van der Waals surface area contributed by atoms with Crippen LogP contribution in [0.25, 0.3) is 11.3 Å². The van der Waals surface area contributed by atoms with Gasteiger partial charge in [0.05, 0.1) is 24.1 Å². The summed E-state index contributed by atoms with van der Waals surface area (Å²) in [6.45, 7) is 2.00. The first-order chi connectivity index (χ1) is 13.7. The lowest BCUT2D eigenvalue weighted by molar-refractivity contribution is -0.117. The van der Waals surface area contributed by atoms with Crippen molar-refractivity contribution >= 4 is 22.4 Å². The minimum atomic E-state index is -0.283. The van der Waals surface area contributed by atoms with E-state index in [1.54, 1.807) is 24.7 Å². The number of nitrogens with zero attached hydrogens (tertiary/aromatic N) is 4. The van der Waals surface area contributed by atoms with Gasteiger partial charge in [0, 0.05) is 29.3 Å². The van der Waals surface area contributed by atoms with Gasteiger partial charge in [-0.25, -0.2) is 14.4 Å². The maximum Gasteiger partial charge on any atom is 0.240 e. The molecule has 1 aromatic carbocycles. The maximum atomic E-state index is 13.5. The predicted octanol–water partition coefficient (Wildman–Crippen LogP) is 3.56. The Hall–Kier alpha value is -2.71. The minimum Gasteiger partial charge on any atom is -0.301 e. The van der Waals surface area contributed by atoms with Crippen LogP contribution in [0.2, 0.25) is 0 Å². The monoisotopic (exact) mass is 397 g/mol. The number of hydrogen-bond acceptors (Lipinski definition) is 6. The molecule has 0 saturated carbocycles. The van der Waals surface area contributed by atoms with Gasteiger partial charge in [-0.1, -0.05) is 12.1 Å². The molecule has 0 spiro atoms. The molecule has 1 amide bonds. The second-order valence-electron chi connectivity index (χ2n) is 6.78. The zero-order valence-electron chi connectivity index (χ0n) is 15.2. The Morgan fingerprint density at radius 2 is 2.14 bits per heavy atom. The van der Waals surface area contributed by atoms with Crippen molar-refractivity contribution in [1.29, 1.82) is 0 Å². The molecule has 8 heteroatoms. The van der Waals surface area contributed by atoms with Gasteiger partial charge in [0.25, 0.3) is 0 Å². The molecule has 6 nitrogen and oxygen atoms in total. The number of nitrogens with one attached hydrogen (secondary N) is 1. The zero-order chi connectivity index (χ0) is 19.3. The first kappa shape index (κ1) is 18.6. The number of piperidine rings is 1. The molecule has 4 rings (SSSR count). The molecular formula is C20H20FN5OS. The molecule has 2 aromatic heterocycles. The van der Waals surface area contributed by atoms with E-state index in [1.807, 2.05) is 11.4 Å². The SMILES string of the molecule is O=C(CN1CCC(c2cncc(-c3cccc(F)c3)n2)CC1)Nc1nccs1. The smallest absolute Gasteiger partial charge is 0.240 e. The summed E-state index contributed by atoms with van der Waals surface area (Å²) in [5.41, 5.74) is 2.33. The molecule has 1 fully saturated rings. The Balaban J connectivity index is 1.35. The van der Waals surface area contributed by atoms with E-state index in [0.29, 0.717) is 23.3 Å². The largest absolute Gasteiger partial charge is 0.301 e. The van der Waals surface area contributed by atoms with Crippen LogP contribution in [0.4, 0.5) is 9.52 Å². The van der Waals surface area contributed by atoms with Crippen molar-refractivity contribution in [3.05, 3.63) is 59.7 Å². The van der Waals surface area contributed by atoms with Gasteiger partial charge < -0.3 is 5.32 Å². The van der Waals surface area contributed by atoms with Crippen molar-refractivity contribution in [2.24, 2.45) is 0 Å². The number of anilines is 1. The molecule has 3 heterocycles. The summed E-state index contributed by atoms with van der Waals surface area (Å²) in [6, 6.07) is 6.40. The number of rotatable bonds is 5. The summed E-state index contributed by atoms with van der Waals surface area (Å²) in [5.74, 6) is -0.0328. The zero-order valence-corrected chi connectivity index (χ0v) is 16.0. The van der Waals surface area contributed by atoms with Crippen LogP contribution < -0.4 is 5.32 Å². The number of hydrogen-bond donors (Lipinski definition) is 1. The first-order valence-corrected chi connectivity index (χ1v) is 10.0. The van der Waals surface area contributed by atoms with Crippen molar-refractivity contribution < 1.29 is 9.18 Å². The van der Waals surface area contributed by atoms with Crippen LogP contribution in [0.1, 0.15) is 24.5 Å². The molecule has 3 aromatic rings. The van der Waals surface area contributed by atoms with Gasteiger partial charge in [0.2, 0.25) is 5.91 Å². The van der Waals surface area contributed by atoms with Crippen molar-refractivity contribution in [3.8, 4) is 11.3 Å². The summed E-state index contributed by atoms with van der Waals surface area (Å²) in [7, 11) is 0. The Bertz CT molecular complexity index is 941. The van der Waals surface area contributed by atoms with E-state index in [-0.39, 0.29) is 11.7 Å². The van der Waals surface area contributed by atoms with Crippen LogP contribution in [-0.2, 0) is 4.79 Å². The Labute approximate surface area is 166 Å². The highest BCUT2D eigenvalue weighted by atomic mass is 32.1. The molecule has 28 heavy (non-hydrogen) atoms. The third-order valence-electron chi connectivity index (χ3n) is 4.83. The topological polar surface area (TPSA) is 71.0 Å². The molecule has 1 aliphatic rings. The van der Waals surface area contributed by atoms with Crippen molar-refractivity contribution in [2.45, 2.75) is 18.8 Å². The maximum absolute atomic E-state index is 13.5. The molecule has 1 saturated heterocycles. The number of amides is 1. The van der Waals surface area contributed by atoms with Crippen LogP contribution >= 0.6 is 11.3 Å². The molecule has 1 N–H and O–H groups in total. The van der Waals surface area contributed by atoms with Gasteiger partial charge in [-0.2, -0.15) is 0 Å². The standard InChI is InChI=1S/C20H20FN5OS/c21-16-3-1-2-15(10-16)18-12-22-11-17(24-18)14-4-7-26(8-5-14)13-19(27)25-20-23-6-9-28-20/h1-3,6,9-12,14H,4-5,7-8,13H2,(H,23,25,27). The Kier molecular flexibility index (Phi) is 5.68. The summed E-state index contributed by atoms with van der Waals surface area (Å²) < 4.78 is 13.5. The van der Waals surface area contributed by atoms with E-state index < -0.39 is 0 Å². The molecular weight excluding hydrogens is 377 g/mol. The number of benzene rings is 1. The number of halogens is 1. The average molecular weight is 397 g/mol. The van der Waals surface area contributed by atoms with E-state index >= 15 is 0 Å². The van der Waals surface area contributed by atoms with Crippen molar-refractivity contribution in [3.63, 3.8) is 0 Å². The number of likely N-dealkylation sites (tertiary alicyclic amines) is 1. The highest BCUT2D eigenvalue weighted by Crippen LogP contribution is 2.28. The quantitative estimate of drug-likeness (QED) is 0.713. The van der Waals surface area contributed by atoms with Crippen molar-refractivity contribution in [1.82, 2.24) is 19.9 Å². The summed E-state index contributed by atoms with van der Waals surface area (Å²) >= 11 is 1.41. The predicted molar refractivity (Wildman–Crippen MR) is 107 cm³/mol. The average Bonchev–Trinajstić information content (AvgIpc) is 3.21. The highest BCUT2D eigenvalue weighted by Gasteiger charge is 2.23. The van der Waals surface area contributed by atoms with Crippen molar-refractivity contribution in [2.75, 3.05) is 25.0 Å². The molecule has 0 unspecified atom stereocenters. The molecule has 0 aliphatic carbocycles. The second kappa shape index (κ2) is 8.53. The number of thiazole rings is 1. The van der Waals surface area contributed by atoms with Gasteiger partial charge >= 0.3 is 0 Å². The van der Waals surface area contributed by atoms with Gasteiger partial charge in [-0.05, 0) is 38.1 Å². The van der Waals surface area contributed by atoms with Crippen LogP contribution in [0.3, 0.4) is 0 Å². The van der Waals surface area contributed by atoms with Gasteiger partial charge in [0.15, 0.2) is 5.13 Å². The van der Waals surface area contributed by atoms with E-state index in [1.165, 1.54) is 23.5 Å². The fourth-order valence-corrected chi connectivity index (χ4v) is 3.94. The molecule has 1 aliphatic heterocycles. The second-order valence-corrected chi connectivity index (χ2v) is 7.67. The minimum absolute atomic E-state index is 0.0405. The Morgan fingerprint density at radius 3 is 2.89 bits per heavy atom. The fourth-order valence-electron chi connectivity index (χ4n) is 3.40. The van der Waals surface area contributed by atoms with Crippen LogP contribution in [0.5, 0.6) is 0 Å². The lowest BCUT2D eigenvalue weighted by Gasteiger charge is -2.31. The van der Waals surface area contributed by atoms with E-state index in [9.17, 15) is 9.18 Å². The van der Waals surface area contributed by atoms with Crippen LogP contribution in [0.15, 0.2) is 48.2 Å². The van der Waals surface area contributed by atoms with Crippen LogP contribution in [0, 0.1) is 5.82 Å². The number of aromatic nitrogens is 3.